The molecule has 0 spiro atoms. The molecule has 7 heteroatoms. The molecule has 2 N–H and O–H groups in total. The quantitative estimate of drug-likeness (QED) is 0.280. The van der Waals surface area contributed by atoms with E-state index >= 15 is 0 Å². The summed E-state index contributed by atoms with van der Waals surface area (Å²) < 4.78 is 5.96. The lowest BCUT2D eigenvalue weighted by Crippen LogP contribution is -2.34. The number of hydrogen-bond acceptors (Lipinski definition) is 4. The van der Waals surface area contributed by atoms with Crippen molar-refractivity contribution in [2.45, 2.75) is 58.8 Å². The van der Waals surface area contributed by atoms with Crippen LogP contribution < -0.4 is 10.6 Å². The van der Waals surface area contributed by atoms with Crippen molar-refractivity contribution in [1.29, 1.82) is 0 Å². The molecule has 164 valence electrons. The van der Waals surface area contributed by atoms with Crippen molar-refractivity contribution in [1.82, 2.24) is 10.3 Å². The van der Waals surface area contributed by atoms with E-state index < -0.39 is 0 Å². The lowest BCUT2D eigenvalue weighted by Gasteiger charge is -2.11. The van der Waals surface area contributed by atoms with Crippen LogP contribution in [0.15, 0.2) is 40.8 Å². The zero-order valence-corrected chi connectivity index (χ0v) is 19.7. The summed E-state index contributed by atoms with van der Waals surface area (Å²) in [6.45, 7) is 6.47. The van der Waals surface area contributed by atoms with Gasteiger partial charge in [0, 0.05) is 12.0 Å². The molecule has 0 radical (unpaired) electrons. The van der Waals surface area contributed by atoms with E-state index in [9.17, 15) is 4.79 Å². The molecule has 5 nitrogen and oxygen atoms in total. The van der Waals surface area contributed by atoms with E-state index in [1.165, 1.54) is 5.56 Å². The number of aromatic nitrogens is 1. The molecule has 1 atom stereocenters. The average molecular weight is 458 g/mol. The van der Waals surface area contributed by atoms with Crippen molar-refractivity contribution in [2.24, 2.45) is 0 Å². The number of unbranched alkanes of at least 4 members (excludes halogenated alkanes) is 2. The minimum atomic E-state index is -0.103. The molecular weight excluding hydrogens is 430 g/mol. The number of oxazole rings is 1. The highest BCUT2D eigenvalue weighted by molar-refractivity contribution is 7.80. The summed E-state index contributed by atoms with van der Waals surface area (Å²) in [5.41, 5.74) is 4.16. The van der Waals surface area contributed by atoms with Crippen molar-refractivity contribution >= 4 is 51.6 Å². The fourth-order valence-corrected chi connectivity index (χ4v) is 3.63. The van der Waals surface area contributed by atoms with Crippen LogP contribution in [0.25, 0.3) is 22.6 Å². The Morgan fingerprint density at radius 3 is 2.74 bits per heavy atom. The molecular formula is C24H28ClN3O2S. The van der Waals surface area contributed by atoms with Gasteiger partial charge in [-0.05, 0) is 66.9 Å². The summed E-state index contributed by atoms with van der Waals surface area (Å²) in [6.07, 6.45) is 4.44. The molecule has 0 aliphatic heterocycles. The van der Waals surface area contributed by atoms with Gasteiger partial charge in [0.05, 0.1) is 10.7 Å². The van der Waals surface area contributed by atoms with Gasteiger partial charge in [0.25, 0.3) is 0 Å². The molecule has 0 aliphatic carbocycles. The van der Waals surface area contributed by atoms with Gasteiger partial charge in [0.1, 0.15) is 5.52 Å². The standard InChI is InChI=1S/C24H28ClN3O2S/c1-4-6-7-8-22(29)28-24(31)27-19-14-17(9-11-18(19)25)23-26-20-13-16(15(3)5-2)10-12-21(20)30-23/h9-15H,4-8H2,1-3H3,(H2,27,28,29,31)/t15-/m0/s1. The Bertz CT molecular complexity index is 1080. The number of halogens is 1. The molecule has 1 amide bonds. The van der Waals surface area contributed by atoms with Crippen LogP contribution in [0, 0.1) is 0 Å². The van der Waals surface area contributed by atoms with Crippen molar-refractivity contribution < 1.29 is 9.21 Å². The summed E-state index contributed by atoms with van der Waals surface area (Å²) in [7, 11) is 0. The molecule has 0 saturated heterocycles. The van der Waals surface area contributed by atoms with E-state index in [0.717, 1.165) is 42.3 Å². The van der Waals surface area contributed by atoms with Gasteiger partial charge in [0.15, 0.2) is 10.7 Å². The second-order valence-electron chi connectivity index (χ2n) is 7.71. The molecule has 0 aliphatic rings. The van der Waals surface area contributed by atoms with Gasteiger partial charge in [-0.25, -0.2) is 4.98 Å². The first-order valence-electron chi connectivity index (χ1n) is 10.7. The number of carbonyl (C=O) groups excluding carboxylic acids is 1. The smallest absolute Gasteiger partial charge is 0.227 e. The third-order valence-electron chi connectivity index (χ3n) is 5.31. The Kier molecular flexibility index (Phi) is 8.04. The van der Waals surface area contributed by atoms with Crippen LogP contribution in [-0.2, 0) is 4.79 Å². The highest BCUT2D eigenvalue weighted by Crippen LogP contribution is 2.31. The number of rotatable bonds is 8. The molecule has 0 fully saturated rings. The molecule has 31 heavy (non-hydrogen) atoms. The summed E-state index contributed by atoms with van der Waals surface area (Å²) in [5, 5.41) is 6.41. The van der Waals surface area contributed by atoms with Gasteiger partial charge in [-0.2, -0.15) is 0 Å². The summed E-state index contributed by atoms with van der Waals surface area (Å²) in [6, 6.07) is 11.5. The maximum atomic E-state index is 12.0. The first-order chi connectivity index (χ1) is 14.9. The maximum absolute atomic E-state index is 12.0. The third-order valence-corrected chi connectivity index (χ3v) is 5.85. The second-order valence-corrected chi connectivity index (χ2v) is 8.52. The van der Waals surface area contributed by atoms with Gasteiger partial charge in [-0.15, -0.1) is 0 Å². The van der Waals surface area contributed by atoms with Crippen LogP contribution in [0.4, 0.5) is 5.69 Å². The first-order valence-corrected chi connectivity index (χ1v) is 11.5. The number of amides is 1. The van der Waals surface area contributed by atoms with Crippen molar-refractivity contribution in [3.63, 3.8) is 0 Å². The first kappa shape index (κ1) is 23.2. The van der Waals surface area contributed by atoms with E-state index in [4.69, 9.17) is 28.2 Å². The average Bonchev–Trinajstić information content (AvgIpc) is 3.18. The van der Waals surface area contributed by atoms with Crippen LogP contribution in [0.2, 0.25) is 5.02 Å². The number of nitrogens with zero attached hydrogens (tertiary/aromatic N) is 1. The zero-order valence-electron chi connectivity index (χ0n) is 18.1. The Morgan fingerprint density at radius 1 is 1.19 bits per heavy atom. The van der Waals surface area contributed by atoms with Gasteiger partial charge in [0.2, 0.25) is 11.8 Å². The van der Waals surface area contributed by atoms with Gasteiger partial charge in [-0.3, -0.25) is 4.79 Å². The fourth-order valence-electron chi connectivity index (χ4n) is 3.24. The number of thiocarbonyl (C=S) groups is 1. The highest BCUT2D eigenvalue weighted by atomic mass is 35.5. The van der Waals surface area contributed by atoms with E-state index in [1.807, 2.05) is 18.2 Å². The second kappa shape index (κ2) is 10.7. The van der Waals surface area contributed by atoms with Crippen LogP contribution in [0.3, 0.4) is 0 Å². The van der Waals surface area contributed by atoms with Crippen molar-refractivity contribution in [2.75, 3.05) is 5.32 Å². The Balaban J connectivity index is 1.76. The normalized spacial score (nSPS) is 12.0. The lowest BCUT2D eigenvalue weighted by molar-refractivity contribution is -0.119. The van der Waals surface area contributed by atoms with Crippen LogP contribution in [0.1, 0.15) is 64.4 Å². The monoisotopic (exact) mass is 457 g/mol. The van der Waals surface area contributed by atoms with Crippen molar-refractivity contribution in [3.05, 3.63) is 47.0 Å². The molecule has 3 aromatic rings. The number of anilines is 1. The Hall–Kier alpha value is -2.44. The molecule has 0 bridgehead atoms. The highest BCUT2D eigenvalue weighted by Gasteiger charge is 2.13. The molecule has 0 saturated carbocycles. The molecule has 2 aromatic carbocycles. The third kappa shape index (κ3) is 6.05. The van der Waals surface area contributed by atoms with Gasteiger partial charge < -0.3 is 15.1 Å². The van der Waals surface area contributed by atoms with Crippen molar-refractivity contribution in [3.8, 4) is 11.5 Å². The topological polar surface area (TPSA) is 67.2 Å². The maximum Gasteiger partial charge on any atom is 0.227 e. The van der Waals surface area contributed by atoms with E-state index in [2.05, 4.69) is 48.5 Å². The number of carbonyl (C=O) groups is 1. The van der Waals surface area contributed by atoms with Gasteiger partial charge >= 0.3 is 0 Å². The van der Waals surface area contributed by atoms with E-state index in [-0.39, 0.29) is 11.0 Å². The number of nitrogens with one attached hydrogen (secondary N) is 2. The Morgan fingerprint density at radius 2 is 2.00 bits per heavy atom. The molecule has 1 aromatic heterocycles. The summed E-state index contributed by atoms with van der Waals surface area (Å²) in [5.74, 6) is 0.869. The summed E-state index contributed by atoms with van der Waals surface area (Å²) in [4.78, 5) is 16.7. The minimum Gasteiger partial charge on any atom is -0.436 e. The predicted octanol–water partition coefficient (Wildman–Crippen LogP) is 7.06. The number of hydrogen-bond donors (Lipinski definition) is 2. The molecule has 1 heterocycles. The SMILES string of the molecule is CCCCCC(=O)NC(=S)Nc1cc(-c2nc3cc([C@@H](C)CC)ccc3o2)ccc1Cl. The Labute approximate surface area is 193 Å². The number of fused-ring (bicyclic) bond motifs is 1. The van der Waals surface area contributed by atoms with E-state index in [1.54, 1.807) is 6.07 Å². The van der Waals surface area contributed by atoms with E-state index in [0.29, 0.717) is 28.9 Å². The molecule has 3 rings (SSSR count). The minimum absolute atomic E-state index is 0.103. The molecule has 0 unspecified atom stereocenters. The zero-order chi connectivity index (χ0) is 22.4. The van der Waals surface area contributed by atoms with Crippen LogP contribution >= 0.6 is 23.8 Å². The van der Waals surface area contributed by atoms with Crippen LogP contribution in [0.5, 0.6) is 0 Å². The van der Waals surface area contributed by atoms with Crippen LogP contribution in [-0.4, -0.2) is 16.0 Å². The lowest BCUT2D eigenvalue weighted by atomic mass is 9.98. The predicted molar refractivity (Wildman–Crippen MR) is 132 cm³/mol. The number of benzene rings is 2. The fraction of sp³-hybridized carbons (Fsp3) is 0.375. The van der Waals surface area contributed by atoms with Gasteiger partial charge in [-0.1, -0.05) is 51.3 Å². The largest absolute Gasteiger partial charge is 0.436 e. The summed E-state index contributed by atoms with van der Waals surface area (Å²) >= 11 is 11.6.